The van der Waals surface area contributed by atoms with Crippen molar-refractivity contribution in [1.29, 1.82) is 0 Å². The summed E-state index contributed by atoms with van der Waals surface area (Å²) in [4.78, 5) is 15.5. The van der Waals surface area contributed by atoms with Crippen LogP contribution >= 0.6 is 0 Å². The number of carbonyl (C=O) groups excluding carboxylic acids is 1. The number of hydrogen-bond acceptors (Lipinski definition) is 6. The van der Waals surface area contributed by atoms with Crippen LogP contribution in [0.15, 0.2) is 18.2 Å². The second-order valence-electron chi connectivity index (χ2n) is 7.24. The van der Waals surface area contributed by atoms with Gasteiger partial charge in [-0.2, -0.15) is 0 Å². The Hall–Kier alpha value is -1.96. The lowest BCUT2D eigenvalue weighted by molar-refractivity contribution is -0.140. The summed E-state index contributed by atoms with van der Waals surface area (Å²) in [7, 11) is 3.21. The molecule has 0 fully saturated rings. The molecule has 1 aromatic heterocycles. The third-order valence-electron chi connectivity index (χ3n) is 4.92. The Balaban J connectivity index is 2.67. The van der Waals surface area contributed by atoms with E-state index in [1.807, 2.05) is 18.5 Å². The molecule has 1 aromatic rings. The molecule has 29 heavy (non-hydrogen) atoms. The molecule has 1 rings (SSSR count). The standard InChI is InChI=1S/C22H36N2O5/c1-5-6-8-12-20(27)22-17(23-16(2)24(22)3)14-15-19(26)18(25)11-9-7-10-13-21(28)29-4/h7,9,14-15,18-20,25-27H,5-6,8,10-13H2,1-4H3/b9-7-,15-14+/t18-,19+,20?/m0/s1. The molecule has 0 saturated carbocycles. The third kappa shape index (κ3) is 8.51. The smallest absolute Gasteiger partial charge is 0.305 e. The van der Waals surface area contributed by atoms with Crippen LogP contribution in [0, 0.1) is 6.92 Å². The molecule has 7 nitrogen and oxygen atoms in total. The Bertz CT molecular complexity index is 681. The van der Waals surface area contributed by atoms with E-state index >= 15 is 0 Å². The molecular weight excluding hydrogens is 372 g/mol. The molecule has 3 N–H and O–H groups in total. The minimum Gasteiger partial charge on any atom is -0.469 e. The highest BCUT2D eigenvalue weighted by molar-refractivity contribution is 5.69. The molecule has 0 radical (unpaired) electrons. The summed E-state index contributed by atoms with van der Waals surface area (Å²) in [5.74, 6) is 0.495. The van der Waals surface area contributed by atoms with E-state index in [2.05, 4.69) is 16.6 Å². The van der Waals surface area contributed by atoms with Crippen LogP contribution in [-0.4, -0.2) is 50.2 Å². The van der Waals surface area contributed by atoms with Crippen molar-refractivity contribution in [3.63, 3.8) is 0 Å². The van der Waals surface area contributed by atoms with E-state index < -0.39 is 18.3 Å². The minimum absolute atomic E-state index is 0.264. The van der Waals surface area contributed by atoms with Gasteiger partial charge in [0.2, 0.25) is 0 Å². The molecule has 0 aromatic carbocycles. The van der Waals surface area contributed by atoms with Crippen LogP contribution in [0.25, 0.3) is 6.08 Å². The fourth-order valence-electron chi connectivity index (χ4n) is 3.01. The molecule has 0 bridgehead atoms. The normalized spacial score (nSPS) is 15.1. The molecule has 0 saturated heterocycles. The minimum atomic E-state index is -1.06. The highest BCUT2D eigenvalue weighted by atomic mass is 16.5. The molecule has 0 spiro atoms. The highest BCUT2D eigenvalue weighted by Gasteiger charge is 2.19. The quantitative estimate of drug-likeness (QED) is 0.263. The summed E-state index contributed by atoms with van der Waals surface area (Å²) in [5.41, 5.74) is 1.33. The summed E-state index contributed by atoms with van der Waals surface area (Å²) < 4.78 is 6.42. The van der Waals surface area contributed by atoms with Gasteiger partial charge >= 0.3 is 5.97 Å². The largest absolute Gasteiger partial charge is 0.469 e. The zero-order chi connectivity index (χ0) is 21.8. The molecule has 164 valence electrons. The van der Waals surface area contributed by atoms with E-state index in [0.717, 1.165) is 30.8 Å². The molecular formula is C22H36N2O5. The van der Waals surface area contributed by atoms with Crippen molar-refractivity contribution < 1.29 is 24.9 Å². The second-order valence-corrected chi connectivity index (χ2v) is 7.24. The van der Waals surface area contributed by atoms with Crippen molar-refractivity contribution in [3.05, 3.63) is 35.4 Å². The van der Waals surface area contributed by atoms with Crippen molar-refractivity contribution >= 4 is 12.0 Å². The highest BCUT2D eigenvalue weighted by Crippen LogP contribution is 2.25. The predicted molar refractivity (Wildman–Crippen MR) is 113 cm³/mol. The first-order valence-corrected chi connectivity index (χ1v) is 10.3. The molecule has 1 unspecified atom stereocenters. The van der Waals surface area contributed by atoms with Gasteiger partial charge in [0.05, 0.1) is 36.8 Å². The van der Waals surface area contributed by atoms with Crippen LogP contribution in [-0.2, 0) is 16.6 Å². The molecule has 0 aliphatic heterocycles. The molecule has 3 atom stereocenters. The van der Waals surface area contributed by atoms with Crippen LogP contribution in [0.1, 0.15) is 75.2 Å². The van der Waals surface area contributed by atoms with Gasteiger partial charge in [0.25, 0.3) is 0 Å². The zero-order valence-electron chi connectivity index (χ0n) is 18.0. The number of rotatable bonds is 13. The second kappa shape index (κ2) is 13.3. The van der Waals surface area contributed by atoms with E-state index in [-0.39, 0.29) is 18.8 Å². The number of aliphatic hydroxyl groups is 3. The predicted octanol–water partition coefficient (Wildman–Crippen LogP) is 2.98. The Morgan fingerprint density at radius 3 is 2.62 bits per heavy atom. The van der Waals surface area contributed by atoms with E-state index in [1.165, 1.54) is 13.2 Å². The van der Waals surface area contributed by atoms with Crippen LogP contribution < -0.4 is 0 Å². The average Bonchev–Trinajstić information content (AvgIpc) is 2.99. The summed E-state index contributed by atoms with van der Waals surface area (Å²) in [6, 6.07) is 0. The van der Waals surface area contributed by atoms with Crippen LogP contribution in [0.4, 0.5) is 0 Å². The number of imidazole rings is 1. The maximum absolute atomic E-state index is 11.0. The van der Waals surface area contributed by atoms with Crippen LogP contribution in [0.5, 0.6) is 0 Å². The number of allylic oxidation sites excluding steroid dienone is 1. The zero-order valence-corrected chi connectivity index (χ0v) is 18.0. The van der Waals surface area contributed by atoms with Gasteiger partial charge in [-0.25, -0.2) is 4.98 Å². The average molecular weight is 409 g/mol. The number of aliphatic hydroxyl groups excluding tert-OH is 3. The van der Waals surface area contributed by atoms with Gasteiger partial charge in [0, 0.05) is 13.5 Å². The van der Waals surface area contributed by atoms with Gasteiger partial charge < -0.3 is 24.6 Å². The Morgan fingerprint density at radius 2 is 1.97 bits per heavy atom. The number of unbranched alkanes of at least 4 members (excludes halogenated alkanes) is 2. The van der Waals surface area contributed by atoms with E-state index in [0.29, 0.717) is 18.5 Å². The molecule has 0 aliphatic carbocycles. The monoisotopic (exact) mass is 408 g/mol. The van der Waals surface area contributed by atoms with E-state index in [4.69, 9.17) is 0 Å². The first-order chi connectivity index (χ1) is 13.8. The van der Waals surface area contributed by atoms with Crippen molar-refractivity contribution in [3.8, 4) is 0 Å². The molecule has 0 aliphatic rings. The maximum atomic E-state index is 11.0. The Kier molecular flexibility index (Phi) is 11.5. The number of nitrogens with zero attached hydrogens (tertiary/aromatic N) is 2. The lowest BCUT2D eigenvalue weighted by atomic mass is 10.0. The molecule has 7 heteroatoms. The van der Waals surface area contributed by atoms with Gasteiger partial charge in [-0.3, -0.25) is 4.79 Å². The van der Waals surface area contributed by atoms with Gasteiger partial charge in [0.15, 0.2) is 0 Å². The van der Waals surface area contributed by atoms with Gasteiger partial charge in [-0.15, -0.1) is 0 Å². The number of methoxy groups -OCH3 is 1. The first kappa shape index (κ1) is 25.1. The molecule has 0 amide bonds. The topological polar surface area (TPSA) is 105 Å². The fourth-order valence-corrected chi connectivity index (χ4v) is 3.01. The van der Waals surface area contributed by atoms with Crippen molar-refractivity contribution in [2.75, 3.05) is 7.11 Å². The van der Waals surface area contributed by atoms with Gasteiger partial charge in [-0.1, -0.05) is 44.4 Å². The Morgan fingerprint density at radius 1 is 1.24 bits per heavy atom. The fraction of sp³-hybridized carbons (Fsp3) is 0.636. The van der Waals surface area contributed by atoms with Crippen molar-refractivity contribution in [2.45, 2.75) is 77.1 Å². The number of aryl methyl sites for hydroxylation is 1. The van der Waals surface area contributed by atoms with Gasteiger partial charge in [-0.05, 0) is 32.3 Å². The number of esters is 1. The number of hydrogen-bond donors (Lipinski definition) is 3. The summed E-state index contributed by atoms with van der Waals surface area (Å²) in [5, 5.41) is 30.9. The first-order valence-electron chi connectivity index (χ1n) is 10.3. The molecule has 1 heterocycles. The van der Waals surface area contributed by atoms with E-state index in [9.17, 15) is 20.1 Å². The SMILES string of the molecule is CCCCCC(O)c1c(/C=C/[C@@H](O)[C@@H](O)C/C=C\CCC(=O)OC)nc(C)n1C. The summed E-state index contributed by atoms with van der Waals surface area (Å²) in [6.07, 6.45) is 8.85. The summed E-state index contributed by atoms with van der Waals surface area (Å²) >= 11 is 0. The number of aromatic nitrogens is 2. The van der Waals surface area contributed by atoms with E-state index in [1.54, 1.807) is 18.2 Å². The van der Waals surface area contributed by atoms with Crippen molar-refractivity contribution in [1.82, 2.24) is 9.55 Å². The van der Waals surface area contributed by atoms with Gasteiger partial charge in [0.1, 0.15) is 5.82 Å². The maximum Gasteiger partial charge on any atom is 0.305 e. The lowest BCUT2D eigenvalue weighted by Gasteiger charge is -2.14. The lowest BCUT2D eigenvalue weighted by Crippen LogP contribution is -2.22. The Labute approximate surface area is 173 Å². The van der Waals surface area contributed by atoms with Crippen LogP contribution in [0.2, 0.25) is 0 Å². The number of ether oxygens (including phenoxy) is 1. The summed E-state index contributed by atoms with van der Waals surface area (Å²) in [6.45, 7) is 3.99. The number of carbonyl (C=O) groups is 1. The third-order valence-corrected chi connectivity index (χ3v) is 4.92. The van der Waals surface area contributed by atoms with Crippen molar-refractivity contribution in [2.24, 2.45) is 7.05 Å². The van der Waals surface area contributed by atoms with Crippen LogP contribution in [0.3, 0.4) is 0 Å².